The lowest BCUT2D eigenvalue weighted by Gasteiger charge is -2.23. The van der Waals surface area contributed by atoms with E-state index in [0.29, 0.717) is 13.0 Å². The summed E-state index contributed by atoms with van der Waals surface area (Å²) >= 11 is 3.51. The van der Waals surface area contributed by atoms with E-state index in [0.717, 1.165) is 13.0 Å². The minimum atomic E-state index is -0.511. The molecule has 1 N–H and O–H groups in total. The number of alkyl halides is 1. The molecule has 2 unspecified atom stereocenters. The molecule has 0 saturated carbocycles. The summed E-state index contributed by atoms with van der Waals surface area (Å²) in [6.45, 7) is 5.08. The van der Waals surface area contributed by atoms with Gasteiger partial charge in [0.1, 0.15) is 4.32 Å². The van der Waals surface area contributed by atoms with E-state index in [1.165, 1.54) is 0 Å². The summed E-state index contributed by atoms with van der Waals surface area (Å²) in [5.74, 6) is -0.445. The van der Waals surface area contributed by atoms with Crippen molar-refractivity contribution in [3.8, 4) is 0 Å². The predicted octanol–water partition coefficient (Wildman–Crippen LogP) is 1.18. The molecule has 0 bridgehead atoms. The van der Waals surface area contributed by atoms with E-state index in [1.54, 1.807) is 0 Å². The zero-order chi connectivity index (χ0) is 11.1. The molecule has 15 heavy (non-hydrogen) atoms. The van der Waals surface area contributed by atoms with E-state index in [4.69, 9.17) is 9.47 Å². The van der Waals surface area contributed by atoms with Gasteiger partial charge in [-0.1, -0.05) is 15.9 Å². The standard InChI is InChI=1S/C10H16BrNO3/c1-9(2)14-6-7(15-9)5-10(11)3-4-12-8(10)13/h7H,3-6H2,1-2H3,(H,12,13). The number of carbonyl (C=O) groups excluding carboxylic acids is 1. The molecule has 5 heteroatoms. The summed E-state index contributed by atoms with van der Waals surface area (Å²) in [6.07, 6.45) is 1.48. The van der Waals surface area contributed by atoms with Crippen molar-refractivity contribution >= 4 is 21.8 Å². The molecule has 1 amide bonds. The molecule has 2 saturated heterocycles. The molecule has 0 radical (unpaired) electrons. The minimum absolute atomic E-state index is 0.00299. The Kier molecular flexibility index (Phi) is 2.81. The van der Waals surface area contributed by atoms with Crippen molar-refractivity contribution in [3.63, 3.8) is 0 Å². The summed E-state index contributed by atoms with van der Waals surface area (Å²) in [4.78, 5) is 11.6. The van der Waals surface area contributed by atoms with Crippen molar-refractivity contribution in [2.24, 2.45) is 0 Å². The molecule has 2 rings (SSSR count). The summed E-state index contributed by atoms with van der Waals surface area (Å²) in [7, 11) is 0. The molecular weight excluding hydrogens is 262 g/mol. The molecule has 2 atom stereocenters. The van der Waals surface area contributed by atoms with E-state index in [1.807, 2.05) is 13.8 Å². The Morgan fingerprint density at radius 3 is 2.80 bits per heavy atom. The Balaban J connectivity index is 1.95. The second-order valence-electron chi connectivity index (χ2n) is 4.63. The Morgan fingerprint density at radius 1 is 1.60 bits per heavy atom. The van der Waals surface area contributed by atoms with Crippen LogP contribution >= 0.6 is 15.9 Å². The highest BCUT2D eigenvalue weighted by molar-refractivity contribution is 9.10. The van der Waals surface area contributed by atoms with Crippen molar-refractivity contribution in [3.05, 3.63) is 0 Å². The Morgan fingerprint density at radius 2 is 2.33 bits per heavy atom. The normalized spacial score (nSPS) is 39.4. The van der Waals surface area contributed by atoms with Crippen molar-refractivity contribution in [2.45, 2.75) is 42.9 Å². The SMILES string of the molecule is CC1(C)OCC(CC2(Br)CCNC2=O)O1. The average Bonchev–Trinajstić information content (AvgIpc) is 2.59. The lowest BCUT2D eigenvalue weighted by Crippen LogP contribution is -2.36. The predicted molar refractivity (Wildman–Crippen MR) is 58.8 cm³/mol. The van der Waals surface area contributed by atoms with Gasteiger partial charge >= 0.3 is 0 Å². The fourth-order valence-corrected chi connectivity index (χ4v) is 2.76. The van der Waals surface area contributed by atoms with Crippen LogP contribution in [0.25, 0.3) is 0 Å². The monoisotopic (exact) mass is 277 g/mol. The number of rotatable bonds is 2. The number of carbonyl (C=O) groups is 1. The van der Waals surface area contributed by atoms with Gasteiger partial charge in [-0.2, -0.15) is 0 Å². The maximum atomic E-state index is 11.6. The molecule has 2 aliphatic rings. The number of hydrogen-bond acceptors (Lipinski definition) is 3. The highest BCUT2D eigenvalue weighted by Crippen LogP contribution is 2.36. The molecule has 2 aliphatic heterocycles. The topological polar surface area (TPSA) is 47.6 Å². The second-order valence-corrected chi connectivity index (χ2v) is 6.14. The first-order valence-corrected chi connectivity index (χ1v) is 6.00. The van der Waals surface area contributed by atoms with Gasteiger partial charge in [0.25, 0.3) is 0 Å². The van der Waals surface area contributed by atoms with Gasteiger partial charge in [0.05, 0.1) is 12.7 Å². The molecule has 0 aromatic rings. The van der Waals surface area contributed by atoms with Gasteiger partial charge in [-0.25, -0.2) is 0 Å². The first-order valence-electron chi connectivity index (χ1n) is 5.20. The first kappa shape index (κ1) is 11.4. The van der Waals surface area contributed by atoms with Crippen LogP contribution in [-0.4, -0.2) is 35.3 Å². The molecule has 2 fully saturated rings. The summed E-state index contributed by atoms with van der Waals surface area (Å²) in [5.41, 5.74) is 0. The molecule has 0 spiro atoms. The Labute approximate surface area is 97.8 Å². The summed E-state index contributed by atoms with van der Waals surface area (Å²) in [5, 5.41) is 2.82. The average molecular weight is 278 g/mol. The Hall–Kier alpha value is -0.130. The van der Waals surface area contributed by atoms with E-state index < -0.39 is 10.1 Å². The van der Waals surface area contributed by atoms with Crippen molar-refractivity contribution in [1.29, 1.82) is 0 Å². The molecular formula is C10H16BrNO3. The second kappa shape index (κ2) is 3.71. The number of ether oxygens (including phenoxy) is 2. The van der Waals surface area contributed by atoms with Gasteiger partial charge in [-0.15, -0.1) is 0 Å². The molecule has 4 nitrogen and oxygen atoms in total. The van der Waals surface area contributed by atoms with Crippen molar-refractivity contribution in [2.75, 3.05) is 13.2 Å². The lowest BCUT2D eigenvalue weighted by atomic mass is 10.00. The summed E-state index contributed by atoms with van der Waals surface area (Å²) in [6, 6.07) is 0. The number of halogens is 1. The van der Waals surface area contributed by atoms with Crippen molar-refractivity contribution < 1.29 is 14.3 Å². The van der Waals surface area contributed by atoms with Crippen LogP contribution in [0, 0.1) is 0 Å². The van der Waals surface area contributed by atoms with Crippen LogP contribution in [0.5, 0.6) is 0 Å². The third-order valence-electron chi connectivity index (χ3n) is 2.83. The van der Waals surface area contributed by atoms with Gasteiger partial charge in [0, 0.05) is 13.0 Å². The van der Waals surface area contributed by atoms with E-state index in [2.05, 4.69) is 21.2 Å². The van der Waals surface area contributed by atoms with Crippen LogP contribution in [0.3, 0.4) is 0 Å². The fourth-order valence-electron chi connectivity index (χ4n) is 2.07. The maximum Gasteiger partial charge on any atom is 0.237 e. The zero-order valence-corrected chi connectivity index (χ0v) is 10.6. The fraction of sp³-hybridized carbons (Fsp3) is 0.900. The van der Waals surface area contributed by atoms with Gasteiger partial charge in [-0.05, 0) is 20.3 Å². The summed E-state index contributed by atoms with van der Waals surface area (Å²) < 4.78 is 10.7. The van der Waals surface area contributed by atoms with Crippen LogP contribution in [0.15, 0.2) is 0 Å². The molecule has 0 aromatic carbocycles. The molecule has 0 aromatic heterocycles. The van der Waals surface area contributed by atoms with Crippen LogP contribution in [0.1, 0.15) is 26.7 Å². The van der Waals surface area contributed by atoms with Gasteiger partial charge < -0.3 is 14.8 Å². The van der Waals surface area contributed by atoms with Crippen molar-refractivity contribution in [1.82, 2.24) is 5.32 Å². The lowest BCUT2D eigenvalue weighted by molar-refractivity contribution is -0.141. The molecule has 86 valence electrons. The molecule has 0 aliphatic carbocycles. The third kappa shape index (κ3) is 2.34. The first-order chi connectivity index (χ1) is 6.91. The smallest absolute Gasteiger partial charge is 0.237 e. The van der Waals surface area contributed by atoms with Crippen LogP contribution in [0.2, 0.25) is 0 Å². The Bertz CT molecular complexity index is 282. The van der Waals surface area contributed by atoms with E-state index >= 15 is 0 Å². The molecule has 2 heterocycles. The number of nitrogens with one attached hydrogen (secondary N) is 1. The largest absolute Gasteiger partial charge is 0.355 e. The highest BCUT2D eigenvalue weighted by Gasteiger charge is 2.45. The third-order valence-corrected chi connectivity index (χ3v) is 3.91. The van der Waals surface area contributed by atoms with Crippen LogP contribution in [0.4, 0.5) is 0 Å². The number of hydrogen-bond donors (Lipinski definition) is 1. The zero-order valence-electron chi connectivity index (χ0n) is 9.01. The quantitative estimate of drug-likeness (QED) is 0.772. The van der Waals surface area contributed by atoms with Gasteiger partial charge in [0.2, 0.25) is 5.91 Å². The van der Waals surface area contributed by atoms with E-state index in [-0.39, 0.29) is 12.0 Å². The highest BCUT2D eigenvalue weighted by atomic mass is 79.9. The van der Waals surface area contributed by atoms with Gasteiger partial charge in [-0.3, -0.25) is 4.79 Å². The number of amides is 1. The van der Waals surface area contributed by atoms with Gasteiger partial charge in [0.15, 0.2) is 5.79 Å². The van der Waals surface area contributed by atoms with E-state index in [9.17, 15) is 4.79 Å². The minimum Gasteiger partial charge on any atom is -0.355 e. The van der Waals surface area contributed by atoms with Crippen LogP contribution in [-0.2, 0) is 14.3 Å². The maximum absolute atomic E-state index is 11.6. The van der Waals surface area contributed by atoms with Crippen LogP contribution < -0.4 is 5.32 Å².